The molecule has 2 N–H and O–H groups in total. The highest BCUT2D eigenvalue weighted by atomic mass is 16.5. The van der Waals surface area contributed by atoms with Crippen LogP contribution in [0.3, 0.4) is 0 Å². The van der Waals surface area contributed by atoms with E-state index in [1.165, 1.54) is 0 Å². The van der Waals surface area contributed by atoms with E-state index in [1.54, 1.807) is 0 Å². The van der Waals surface area contributed by atoms with Gasteiger partial charge in [0.15, 0.2) is 5.69 Å². The molecule has 0 radical (unpaired) electrons. The molecule has 2 fully saturated rings. The van der Waals surface area contributed by atoms with Gasteiger partial charge in [-0.3, -0.25) is 9.89 Å². The molecule has 4 rings (SSSR count). The second-order valence-electron chi connectivity index (χ2n) is 5.31. The number of aromatic nitrogens is 2. The Hall–Kier alpha value is -1.88. The number of ether oxygens (including phenoxy) is 1. The van der Waals surface area contributed by atoms with Gasteiger partial charge in [-0.25, -0.2) is 0 Å². The molecule has 3 heterocycles. The van der Waals surface area contributed by atoms with Gasteiger partial charge in [-0.15, -0.1) is 0 Å². The predicted molar refractivity (Wildman–Crippen MR) is 69.9 cm³/mol. The number of hydrogen-bond acceptors (Lipinski definition) is 3. The van der Waals surface area contributed by atoms with E-state index in [0.29, 0.717) is 11.8 Å². The number of amides is 1. The summed E-state index contributed by atoms with van der Waals surface area (Å²) in [6.45, 7) is 0. The third kappa shape index (κ3) is 1.73. The van der Waals surface area contributed by atoms with Crippen LogP contribution in [-0.2, 0) is 4.74 Å². The summed E-state index contributed by atoms with van der Waals surface area (Å²) in [7, 11) is 0. The molecular formula is C14H15N3O2. The standard InChI is InChI=1S/C14H15N3O2/c18-14(15-11-7-8-5-6-12(11)19-8)13-9-3-1-2-4-10(9)16-17-13/h1-4,8,11-12H,5-7H2,(H,15,18)(H,16,17). The second-order valence-corrected chi connectivity index (χ2v) is 5.31. The van der Waals surface area contributed by atoms with Gasteiger partial charge in [-0.1, -0.05) is 18.2 Å². The highest BCUT2D eigenvalue weighted by molar-refractivity contribution is 6.04. The number of benzene rings is 1. The summed E-state index contributed by atoms with van der Waals surface area (Å²) in [5, 5.41) is 10.9. The molecule has 1 amide bonds. The zero-order valence-electron chi connectivity index (χ0n) is 10.4. The van der Waals surface area contributed by atoms with Gasteiger partial charge in [0, 0.05) is 5.39 Å². The van der Waals surface area contributed by atoms with E-state index < -0.39 is 0 Å². The summed E-state index contributed by atoms with van der Waals surface area (Å²) in [4.78, 5) is 12.3. The molecule has 2 aliphatic rings. The Morgan fingerprint density at radius 2 is 2.26 bits per heavy atom. The van der Waals surface area contributed by atoms with Crippen molar-refractivity contribution in [2.75, 3.05) is 0 Å². The lowest BCUT2D eigenvalue weighted by Crippen LogP contribution is -2.41. The molecule has 5 heteroatoms. The van der Waals surface area contributed by atoms with Crippen LogP contribution in [0.1, 0.15) is 29.8 Å². The van der Waals surface area contributed by atoms with Crippen LogP contribution in [0.4, 0.5) is 0 Å². The Kier molecular flexibility index (Phi) is 2.35. The molecule has 3 atom stereocenters. The van der Waals surface area contributed by atoms with Crippen molar-refractivity contribution in [2.45, 2.75) is 37.5 Å². The molecular weight excluding hydrogens is 242 g/mol. The molecule has 1 aromatic carbocycles. The molecule has 5 nitrogen and oxygen atoms in total. The Bertz CT molecular complexity index is 636. The SMILES string of the molecule is O=C(NC1CC2CCC1O2)c1n[nH]c2ccccc12. The van der Waals surface area contributed by atoms with Crippen LogP contribution in [0.2, 0.25) is 0 Å². The van der Waals surface area contributed by atoms with Gasteiger partial charge in [0.1, 0.15) is 0 Å². The van der Waals surface area contributed by atoms with E-state index in [4.69, 9.17) is 4.74 Å². The monoisotopic (exact) mass is 257 g/mol. The van der Waals surface area contributed by atoms with Gasteiger partial charge in [0.05, 0.1) is 23.8 Å². The minimum absolute atomic E-state index is 0.112. The lowest BCUT2D eigenvalue weighted by atomic mass is 9.95. The molecule has 2 aliphatic heterocycles. The van der Waals surface area contributed by atoms with Crippen molar-refractivity contribution in [2.24, 2.45) is 0 Å². The third-order valence-electron chi connectivity index (χ3n) is 4.11. The Labute approximate surface area is 110 Å². The van der Waals surface area contributed by atoms with E-state index in [-0.39, 0.29) is 18.1 Å². The maximum absolute atomic E-state index is 12.3. The van der Waals surface area contributed by atoms with Gasteiger partial charge in [-0.05, 0) is 25.3 Å². The van der Waals surface area contributed by atoms with Crippen LogP contribution < -0.4 is 5.32 Å². The fraction of sp³-hybridized carbons (Fsp3) is 0.429. The molecule has 0 spiro atoms. The first-order chi connectivity index (χ1) is 9.31. The predicted octanol–water partition coefficient (Wildman–Crippen LogP) is 1.61. The fourth-order valence-electron chi connectivity index (χ4n) is 3.16. The first-order valence-corrected chi connectivity index (χ1v) is 6.71. The highest BCUT2D eigenvalue weighted by Gasteiger charge is 2.41. The first kappa shape index (κ1) is 11.0. The molecule has 3 unspecified atom stereocenters. The lowest BCUT2D eigenvalue weighted by Gasteiger charge is -2.19. The van der Waals surface area contributed by atoms with Crippen LogP contribution in [-0.4, -0.2) is 34.4 Å². The summed E-state index contributed by atoms with van der Waals surface area (Å²) in [6, 6.07) is 7.80. The lowest BCUT2D eigenvalue weighted by molar-refractivity contribution is 0.0838. The molecule has 0 aliphatic carbocycles. The number of fused-ring (bicyclic) bond motifs is 3. The number of rotatable bonds is 2. The molecule has 2 bridgehead atoms. The maximum Gasteiger partial charge on any atom is 0.272 e. The number of aromatic amines is 1. The van der Waals surface area contributed by atoms with E-state index >= 15 is 0 Å². The summed E-state index contributed by atoms with van der Waals surface area (Å²) >= 11 is 0. The number of carbonyl (C=O) groups is 1. The van der Waals surface area contributed by atoms with Crippen molar-refractivity contribution in [1.29, 1.82) is 0 Å². The Balaban J connectivity index is 1.57. The van der Waals surface area contributed by atoms with Gasteiger partial charge in [0.25, 0.3) is 5.91 Å². The number of carbonyl (C=O) groups excluding carboxylic acids is 1. The van der Waals surface area contributed by atoms with Crippen LogP contribution >= 0.6 is 0 Å². The number of H-pyrrole nitrogens is 1. The molecule has 2 aromatic rings. The van der Waals surface area contributed by atoms with Gasteiger partial charge in [-0.2, -0.15) is 5.10 Å². The fourth-order valence-corrected chi connectivity index (χ4v) is 3.16. The number of para-hydroxylation sites is 1. The largest absolute Gasteiger partial charge is 0.373 e. The van der Waals surface area contributed by atoms with Crippen molar-refractivity contribution >= 4 is 16.8 Å². The van der Waals surface area contributed by atoms with Gasteiger partial charge >= 0.3 is 0 Å². The smallest absolute Gasteiger partial charge is 0.272 e. The van der Waals surface area contributed by atoms with Crippen LogP contribution in [0.15, 0.2) is 24.3 Å². The van der Waals surface area contributed by atoms with E-state index in [1.807, 2.05) is 24.3 Å². The van der Waals surface area contributed by atoms with Gasteiger partial charge in [0.2, 0.25) is 0 Å². The average molecular weight is 257 g/mol. The molecule has 19 heavy (non-hydrogen) atoms. The Morgan fingerprint density at radius 1 is 1.37 bits per heavy atom. The van der Waals surface area contributed by atoms with Gasteiger partial charge < -0.3 is 10.1 Å². The highest BCUT2D eigenvalue weighted by Crippen LogP contribution is 2.34. The quantitative estimate of drug-likeness (QED) is 0.859. The summed E-state index contributed by atoms with van der Waals surface area (Å²) in [6.07, 6.45) is 3.64. The van der Waals surface area contributed by atoms with Crippen molar-refractivity contribution in [3.05, 3.63) is 30.0 Å². The first-order valence-electron chi connectivity index (χ1n) is 6.71. The second kappa shape index (κ2) is 4.06. The molecule has 0 saturated carbocycles. The average Bonchev–Trinajstić information content (AvgIpc) is 3.13. The van der Waals surface area contributed by atoms with Crippen LogP contribution in [0.25, 0.3) is 10.9 Å². The minimum Gasteiger partial charge on any atom is -0.373 e. The van der Waals surface area contributed by atoms with Crippen molar-refractivity contribution in [3.8, 4) is 0 Å². The van der Waals surface area contributed by atoms with Crippen LogP contribution in [0.5, 0.6) is 0 Å². The third-order valence-corrected chi connectivity index (χ3v) is 4.11. The van der Waals surface area contributed by atoms with Crippen molar-refractivity contribution in [1.82, 2.24) is 15.5 Å². The summed E-state index contributed by atoms with van der Waals surface area (Å²) < 4.78 is 5.75. The maximum atomic E-state index is 12.3. The van der Waals surface area contributed by atoms with E-state index in [0.717, 1.165) is 30.2 Å². The van der Waals surface area contributed by atoms with Crippen molar-refractivity contribution < 1.29 is 9.53 Å². The minimum atomic E-state index is -0.112. The number of nitrogens with zero attached hydrogens (tertiary/aromatic N) is 1. The Morgan fingerprint density at radius 3 is 3.05 bits per heavy atom. The van der Waals surface area contributed by atoms with E-state index in [2.05, 4.69) is 15.5 Å². The number of hydrogen-bond donors (Lipinski definition) is 2. The summed E-state index contributed by atoms with van der Waals surface area (Å²) in [5.74, 6) is -0.112. The zero-order valence-corrected chi connectivity index (χ0v) is 10.4. The zero-order chi connectivity index (χ0) is 12.8. The van der Waals surface area contributed by atoms with Crippen molar-refractivity contribution in [3.63, 3.8) is 0 Å². The molecule has 1 aromatic heterocycles. The van der Waals surface area contributed by atoms with E-state index in [9.17, 15) is 4.79 Å². The number of nitrogens with one attached hydrogen (secondary N) is 2. The molecule has 2 saturated heterocycles. The topological polar surface area (TPSA) is 67.0 Å². The molecule has 98 valence electrons. The normalized spacial score (nSPS) is 28.9. The summed E-state index contributed by atoms with van der Waals surface area (Å²) in [5.41, 5.74) is 1.36. The van der Waals surface area contributed by atoms with Crippen LogP contribution in [0, 0.1) is 0 Å².